The number of aromatic nitrogens is 3. The highest BCUT2D eigenvalue weighted by Gasteiger charge is 2.13. The Morgan fingerprint density at radius 2 is 2.08 bits per heavy atom. The molecule has 0 spiro atoms. The zero-order valence-electron chi connectivity index (χ0n) is 15.1. The molecule has 0 amide bonds. The highest BCUT2D eigenvalue weighted by atomic mass is 28.3. The van der Waals surface area contributed by atoms with Crippen LogP contribution in [0.5, 0.6) is 0 Å². The maximum Gasteiger partial charge on any atom is 0.185 e. The Bertz CT molecular complexity index is 677. The van der Waals surface area contributed by atoms with Crippen LogP contribution in [0.3, 0.4) is 0 Å². The van der Waals surface area contributed by atoms with E-state index in [2.05, 4.69) is 36.5 Å². The van der Waals surface area contributed by atoms with Crippen molar-refractivity contribution < 1.29 is 9.53 Å². The van der Waals surface area contributed by atoms with Crippen LogP contribution in [-0.4, -0.2) is 35.5 Å². The Morgan fingerprint density at radius 3 is 2.75 bits per heavy atom. The third kappa shape index (κ3) is 5.38. The molecule has 130 valence electrons. The molecule has 2 aromatic heterocycles. The molecular weight excluding hydrogens is 318 g/mol. The van der Waals surface area contributed by atoms with Crippen molar-refractivity contribution in [3.8, 4) is 0 Å². The van der Waals surface area contributed by atoms with Crippen molar-refractivity contribution in [2.45, 2.75) is 52.2 Å². The summed E-state index contributed by atoms with van der Waals surface area (Å²) in [5.74, 6) is 0.421. The Labute approximate surface area is 145 Å². The molecule has 0 unspecified atom stereocenters. The van der Waals surface area contributed by atoms with Crippen LogP contribution in [-0.2, 0) is 24.3 Å². The Kier molecular flexibility index (Phi) is 6.45. The quantitative estimate of drug-likeness (QED) is 0.396. The average molecular weight is 346 g/mol. The zero-order chi connectivity index (χ0) is 17.6. The average Bonchev–Trinajstić information content (AvgIpc) is 2.93. The molecule has 0 saturated heterocycles. The fraction of sp³-hybridized carbons (Fsp3) is 0.500. The first kappa shape index (κ1) is 18.5. The van der Waals surface area contributed by atoms with Crippen LogP contribution >= 0.6 is 0 Å². The van der Waals surface area contributed by atoms with E-state index in [9.17, 15) is 4.79 Å². The number of pyridine rings is 1. The normalized spacial score (nSPS) is 11.7. The van der Waals surface area contributed by atoms with Gasteiger partial charge >= 0.3 is 0 Å². The zero-order valence-corrected chi connectivity index (χ0v) is 16.1. The minimum atomic E-state index is -1.10. The molecule has 0 aromatic carbocycles. The standard InChI is InChI=1S/C18H27N3O2Si/c1-5-15-11-19-7-6-16(15)10-17-12-21(18(13-22)20-17)14-23-8-9-24(2,3)4/h6-7,11-13H,5,8-10,14H2,1-4H3. The van der Waals surface area contributed by atoms with Crippen LogP contribution in [0.15, 0.2) is 24.7 Å². The number of carbonyl (C=O) groups is 1. The van der Waals surface area contributed by atoms with Crippen LogP contribution in [0.2, 0.25) is 25.7 Å². The van der Waals surface area contributed by atoms with Gasteiger partial charge in [-0.3, -0.25) is 9.78 Å². The lowest BCUT2D eigenvalue weighted by Crippen LogP contribution is -2.22. The molecule has 2 rings (SSSR count). The summed E-state index contributed by atoms with van der Waals surface area (Å²) in [5.41, 5.74) is 3.30. The van der Waals surface area contributed by atoms with E-state index in [4.69, 9.17) is 4.74 Å². The number of nitrogens with zero attached hydrogens (tertiary/aromatic N) is 3. The van der Waals surface area contributed by atoms with Crippen molar-refractivity contribution in [3.63, 3.8) is 0 Å². The topological polar surface area (TPSA) is 57.0 Å². The second-order valence-corrected chi connectivity index (χ2v) is 12.8. The first-order chi connectivity index (χ1) is 11.4. The van der Waals surface area contributed by atoms with Crippen LogP contribution < -0.4 is 0 Å². The molecule has 2 aromatic rings. The van der Waals surface area contributed by atoms with E-state index in [-0.39, 0.29) is 0 Å². The number of imidazole rings is 1. The first-order valence-electron chi connectivity index (χ1n) is 8.43. The number of rotatable bonds is 9. The molecule has 0 aliphatic rings. The number of aryl methyl sites for hydroxylation is 1. The van der Waals surface area contributed by atoms with Gasteiger partial charge in [-0.2, -0.15) is 0 Å². The molecule has 0 aliphatic carbocycles. The van der Waals surface area contributed by atoms with E-state index in [1.807, 2.05) is 18.5 Å². The van der Waals surface area contributed by atoms with E-state index in [1.165, 1.54) is 11.1 Å². The van der Waals surface area contributed by atoms with Gasteiger partial charge in [0.15, 0.2) is 12.1 Å². The van der Waals surface area contributed by atoms with Gasteiger partial charge in [0.05, 0.1) is 5.69 Å². The van der Waals surface area contributed by atoms with Crippen molar-refractivity contribution in [1.29, 1.82) is 0 Å². The highest BCUT2D eigenvalue weighted by molar-refractivity contribution is 6.76. The number of ether oxygens (including phenoxy) is 1. The lowest BCUT2D eigenvalue weighted by molar-refractivity contribution is 0.0831. The van der Waals surface area contributed by atoms with E-state index in [0.29, 0.717) is 19.0 Å². The van der Waals surface area contributed by atoms with E-state index in [0.717, 1.165) is 31.1 Å². The van der Waals surface area contributed by atoms with Gasteiger partial charge in [-0.15, -0.1) is 0 Å². The van der Waals surface area contributed by atoms with Gasteiger partial charge in [0.2, 0.25) is 0 Å². The SMILES string of the molecule is CCc1cnccc1Cc1cn(COCC[Si](C)(C)C)c(C=O)n1. The molecule has 0 atom stereocenters. The van der Waals surface area contributed by atoms with Crippen molar-refractivity contribution in [2.24, 2.45) is 0 Å². The fourth-order valence-electron chi connectivity index (χ4n) is 2.45. The molecule has 0 bridgehead atoms. The second-order valence-electron chi connectivity index (χ2n) is 7.20. The Hall–Kier alpha value is -1.79. The predicted octanol–water partition coefficient (Wildman–Crippen LogP) is 3.56. The van der Waals surface area contributed by atoms with Gasteiger partial charge in [-0.05, 0) is 29.7 Å². The summed E-state index contributed by atoms with van der Waals surface area (Å²) in [6, 6.07) is 3.13. The number of carbonyl (C=O) groups excluding carboxylic acids is 1. The van der Waals surface area contributed by atoms with Crippen LogP contribution in [0.4, 0.5) is 0 Å². The molecule has 5 nitrogen and oxygen atoms in total. The Balaban J connectivity index is 2.03. The summed E-state index contributed by atoms with van der Waals surface area (Å²) in [6.07, 6.45) is 8.04. The molecule has 0 aliphatic heterocycles. The lowest BCUT2D eigenvalue weighted by Gasteiger charge is -2.15. The van der Waals surface area contributed by atoms with Crippen molar-refractivity contribution in [1.82, 2.24) is 14.5 Å². The van der Waals surface area contributed by atoms with E-state index >= 15 is 0 Å². The molecule has 6 heteroatoms. The molecule has 0 N–H and O–H groups in total. The second kappa shape index (κ2) is 8.35. The molecule has 0 fully saturated rings. The fourth-order valence-corrected chi connectivity index (χ4v) is 3.21. The van der Waals surface area contributed by atoms with Crippen LogP contribution in [0.1, 0.15) is 34.4 Å². The number of hydrogen-bond acceptors (Lipinski definition) is 4. The van der Waals surface area contributed by atoms with Gasteiger partial charge in [0.25, 0.3) is 0 Å². The summed E-state index contributed by atoms with van der Waals surface area (Å²) >= 11 is 0. The largest absolute Gasteiger partial charge is 0.361 e. The summed E-state index contributed by atoms with van der Waals surface area (Å²) in [4.78, 5) is 19.9. The van der Waals surface area contributed by atoms with Crippen molar-refractivity contribution in [2.75, 3.05) is 6.61 Å². The molecular formula is C18H27N3O2Si. The van der Waals surface area contributed by atoms with Gasteiger partial charge < -0.3 is 9.30 Å². The molecule has 24 heavy (non-hydrogen) atoms. The molecule has 0 radical (unpaired) electrons. The summed E-state index contributed by atoms with van der Waals surface area (Å²) in [7, 11) is -1.10. The third-order valence-corrected chi connectivity index (χ3v) is 5.65. The first-order valence-corrected chi connectivity index (χ1v) is 12.1. The van der Waals surface area contributed by atoms with Crippen molar-refractivity contribution in [3.05, 3.63) is 47.3 Å². The smallest absolute Gasteiger partial charge is 0.185 e. The monoisotopic (exact) mass is 345 g/mol. The van der Waals surface area contributed by atoms with E-state index < -0.39 is 8.07 Å². The third-order valence-electron chi connectivity index (χ3n) is 3.95. The molecule has 0 saturated carbocycles. The summed E-state index contributed by atoms with van der Waals surface area (Å²) < 4.78 is 7.53. The van der Waals surface area contributed by atoms with Gasteiger partial charge in [0.1, 0.15) is 6.73 Å². The number of hydrogen-bond donors (Lipinski definition) is 0. The minimum absolute atomic E-state index is 0.378. The lowest BCUT2D eigenvalue weighted by atomic mass is 10.0. The van der Waals surface area contributed by atoms with Gasteiger partial charge in [0, 0.05) is 39.7 Å². The van der Waals surface area contributed by atoms with Crippen LogP contribution in [0, 0.1) is 0 Å². The number of aldehydes is 1. The Morgan fingerprint density at radius 1 is 1.29 bits per heavy atom. The summed E-state index contributed by atoms with van der Waals surface area (Å²) in [6.45, 7) is 10.2. The van der Waals surface area contributed by atoms with Crippen molar-refractivity contribution >= 4 is 14.4 Å². The van der Waals surface area contributed by atoms with Crippen LogP contribution in [0.25, 0.3) is 0 Å². The summed E-state index contributed by atoms with van der Waals surface area (Å²) in [5, 5.41) is 0. The predicted molar refractivity (Wildman–Crippen MR) is 98.1 cm³/mol. The van der Waals surface area contributed by atoms with Gasteiger partial charge in [-0.1, -0.05) is 26.6 Å². The highest BCUT2D eigenvalue weighted by Crippen LogP contribution is 2.14. The van der Waals surface area contributed by atoms with E-state index in [1.54, 1.807) is 10.8 Å². The molecule has 2 heterocycles. The maximum absolute atomic E-state index is 11.3. The van der Waals surface area contributed by atoms with Gasteiger partial charge in [-0.25, -0.2) is 4.98 Å². The maximum atomic E-state index is 11.3. The minimum Gasteiger partial charge on any atom is -0.361 e.